The highest BCUT2D eigenvalue weighted by atomic mass is 16.6. The molecule has 0 aromatic carbocycles. The molecule has 4 unspecified atom stereocenters. The van der Waals surface area contributed by atoms with Crippen molar-refractivity contribution in [3.05, 3.63) is 12.2 Å². The first-order valence-electron chi connectivity index (χ1n) is 5.76. The minimum atomic E-state index is -0.422. The van der Waals surface area contributed by atoms with Gasteiger partial charge in [-0.05, 0) is 6.92 Å². The highest BCUT2D eigenvalue weighted by Gasteiger charge is 2.61. The standard InChI is InChI=1S/C12H14O5/c1-5(2)11(13)17-8-3-7-6-4-15-12(14)9(6)10(8)16-7/h6-10H,1,3-4H2,2H3/t6?,7?,8?,9-,10?/m0/s1. The predicted molar refractivity (Wildman–Crippen MR) is 55.9 cm³/mol. The first-order chi connectivity index (χ1) is 8.08. The largest absolute Gasteiger partial charge is 0.465 e. The summed E-state index contributed by atoms with van der Waals surface area (Å²) in [7, 11) is 0. The van der Waals surface area contributed by atoms with Gasteiger partial charge in [-0.1, -0.05) is 6.58 Å². The van der Waals surface area contributed by atoms with Gasteiger partial charge in [0.2, 0.25) is 0 Å². The maximum atomic E-state index is 11.6. The number of esters is 2. The Morgan fingerprint density at radius 2 is 2.29 bits per heavy atom. The van der Waals surface area contributed by atoms with E-state index in [-0.39, 0.29) is 36.1 Å². The minimum absolute atomic E-state index is 0.0145. The number of hydrogen-bond donors (Lipinski definition) is 0. The molecule has 92 valence electrons. The Bertz CT molecular complexity index is 402. The van der Waals surface area contributed by atoms with Gasteiger partial charge in [0, 0.05) is 17.9 Å². The van der Waals surface area contributed by atoms with E-state index < -0.39 is 5.97 Å². The van der Waals surface area contributed by atoms with E-state index >= 15 is 0 Å². The van der Waals surface area contributed by atoms with Crippen molar-refractivity contribution in [1.29, 1.82) is 0 Å². The number of fused-ring (bicyclic) bond motifs is 5. The van der Waals surface area contributed by atoms with Crippen LogP contribution in [-0.4, -0.2) is 36.9 Å². The van der Waals surface area contributed by atoms with Crippen molar-refractivity contribution in [1.82, 2.24) is 0 Å². The summed E-state index contributed by atoms with van der Waals surface area (Å²) in [6, 6.07) is 0. The van der Waals surface area contributed by atoms with Crippen LogP contribution in [0.3, 0.4) is 0 Å². The lowest BCUT2D eigenvalue weighted by Crippen LogP contribution is -2.40. The molecule has 0 spiro atoms. The molecule has 0 N–H and O–H groups in total. The van der Waals surface area contributed by atoms with Crippen LogP contribution in [0.15, 0.2) is 12.2 Å². The molecule has 5 nitrogen and oxygen atoms in total. The Morgan fingerprint density at radius 1 is 1.53 bits per heavy atom. The van der Waals surface area contributed by atoms with E-state index in [1.807, 2.05) is 0 Å². The number of rotatable bonds is 2. The van der Waals surface area contributed by atoms with Crippen molar-refractivity contribution in [3.8, 4) is 0 Å². The maximum Gasteiger partial charge on any atom is 0.333 e. The third kappa shape index (κ3) is 1.49. The molecule has 5 heteroatoms. The zero-order valence-corrected chi connectivity index (χ0v) is 9.55. The maximum absolute atomic E-state index is 11.6. The van der Waals surface area contributed by atoms with Crippen molar-refractivity contribution in [2.75, 3.05) is 6.61 Å². The first-order valence-corrected chi connectivity index (χ1v) is 5.76. The first kappa shape index (κ1) is 10.8. The highest BCUT2D eigenvalue weighted by molar-refractivity contribution is 5.87. The molecule has 3 fully saturated rings. The van der Waals surface area contributed by atoms with Gasteiger partial charge in [0.15, 0.2) is 0 Å². The van der Waals surface area contributed by atoms with Gasteiger partial charge in [-0.2, -0.15) is 0 Å². The number of cyclic esters (lactones) is 1. The predicted octanol–water partition coefficient (Wildman–Crippen LogP) is 0.435. The molecule has 3 rings (SSSR count). The average molecular weight is 238 g/mol. The van der Waals surface area contributed by atoms with E-state index in [0.717, 1.165) is 0 Å². The Kier molecular flexibility index (Phi) is 2.26. The monoisotopic (exact) mass is 238 g/mol. The molecule has 17 heavy (non-hydrogen) atoms. The fourth-order valence-electron chi connectivity index (χ4n) is 2.92. The number of ether oxygens (including phenoxy) is 3. The molecule has 0 aromatic rings. The summed E-state index contributed by atoms with van der Waals surface area (Å²) >= 11 is 0. The zero-order chi connectivity index (χ0) is 12.2. The Labute approximate surface area is 98.7 Å². The second-order valence-corrected chi connectivity index (χ2v) is 4.92. The number of hydrogen-bond acceptors (Lipinski definition) is 5. The van der Waals surface area contributed by atoms with Crippen LogP contribution in [0.25, 0.3) is 0 Å². The van der Waals surface area contributed by atoms with Crippen LogP contribution >= 0.6 is 0 Å². The summed E-state index contributed by atoms with van der Waals surface area (Å²) in [5.41, 5.74) is 0.360. The van der Waals surface area contributed by atoms with Crippen LogP contribution in [0.5, 0.6) is 0 Å². The van der Waals surface area contributed by atoms with Crippen LogP contribution in [0.1, 0.15) is 13.3 Å². The van der Waals surface area contributed by atoms with Crippen molar-refractivity contribution < 1.29 is 23.8 Å². The Morgan fingerprint density at radius 3 is 3.00 bits per heavy atom. The summed E-state index contributed by atoms with van der Waals surface area (Å²) in [6.45, 7) is 5.57. The van der Waals surface area contributed by atoms with Crippen molar-refractivity contribution in [2.24, 2.45) is 11.8 Å². The molecular weight excluding hydrogens is 224 g/mol. The molecule has 5 atom stereocenters. The van der Waals surface area contributed by atoms with E-state index in [0.29, 0.717) is 18.6 Å². The highest BCUT2D eigenvalue weighted by Crippen LogP contribution is 2.48. The van der Waals surface area contributed by atoms with Gasteiger partial charge in [-0.3, -0.25) is 4.79 Å². The third-order valence-corrected chi connectivity index (χ3v) is 3.75. The van der Waals surface area contributed by atoms with Crippen LogP contribution in [0.4, 0.5) is 0 Å². The van der Waals surface area contributed by atoms with Gasteiger partial charge < -0.3 is 14.2 Å². The van der Waals surface area contributed by atoms with E-state index in [9.17, 15) is 9.59 Å². The van der Waals surface area contributed by atoms with Gasteiger partial charge in [0.1, 0.15) is 12.2 Å². The van der Waals surface area contributed by atoms with Crippen LogP contribution in [0.2, 0.25) is 0 Å². The zero-order valence-electron chi connectivity index (χ0n) is 9.55. The molecule has 0 aliphatic carbocycles. The van der Waals surface area contributed by atoms with E-state index in [1.54, 1.807) is 6.92 Å². The Hall–Kier alpha value is -1.36. The molecule has 3 heterocycles. The van der Waals surface area contributed by atoms with Gasteiger partial charge in [-0.25, -0.2) is 4.79 Å². The van der Waals surface area contributed by atoms with Crippen molar-refractivity contribution >= 4 is 11.9 Å². The van der Waals surface area contributed by atoms with Gasteiger partial charge >= 0.3 is 11.9 Å². The smallest absolute Gasteiger partial charge is 0.333 e. The lowest BCUT2D eigenvalue weighted by atomic mass is 9.80. The molecule has 2 bridgehead atoms. The molecule has 3 aliphatic rings. The van der Waals surface area contributed by atoms with Crippen LogP contribution in [0, 0.1) is 11.8 Å². The lowest BCUT2D eigenvalue weighted by Gasteiger charge is -2.24. The van der Waals surface area contributed by atoms with Crippen LogP contribution in [-0.2, 0) is 23.8 Å². The third-order valence-electron chi connectivity index (χ3n) is 3.75. The van der Waals surface area contributed by atoms with Crippen LogP contribution < -0.4 is 0 Å². The topological polar surface area (TPSA) is 61.8 Å². The normalized spacial score (nSPS) is 42.2. The second kappa shape index (κ2) is 3.57. The Balaban J connectivity index is 1.73. The van der Waals surface area contributed by atoms with E-state index in [4.69, 9.17) is 14.2 Å². The van der Waals surface area contributed by atoms with Gasteiger partial charge in [-0.15, -0.1) is 0 Å². The average Bonchev–Trinajstić information content (AvgIpc) is 2.91. The SMILES string of the molecule is C=C(C)C(=O)OC1CC2OC1[C@H]1C(=O)OCC21. The molecule has 0 radical (unpaired) electrons. The summed E-state index contributed by atoms with van der Waals surface area (Å²) < 4.78 is 16.0. The molecule has 0 aromatic heterocycles. The summed E-state index contributed by atoms with van der Waals surface area (Å²) in [6.07, 6.45) is -0.0274. The lowest BCUT2D eigenvalue weighted by molar-refractivity contribution is -0.153. The molecular formula is C12H14O5. The van der Waals surface area contributed by atoms with Crippen molar-refractivity contribution in [3.63, 3.8) is 0 Å². The summed E-state index contributed by atoms with van der Waals surface area (Å²) in [4.78, 5) is 23.0. The molecule has 3 aliphatic heterocycles. The van der Waals surface area contributed by atoms with Gasteiger partial charge in [0.25, 0.3) is 0 Å². The minimum Gasteiger partial charge on any atom is -0.465 e. The molecule has 0 amide bonds. The fourth-order valence-corrected chi connectivity index (χ4v) is 2.92. The second-order valence-electron chi connectivity index (χ2n) is 4.92. The fraction of sp³-hybridized carbons (Fsp3) is 0.667. The molecule has 3 saturated heterocycles. The quantitative estimate of drug-likeness (QED) is 0.516. The van der Waals surface area contributed by atoms with Crippen molar-refractivity contribution in [2.45, 2.75) is 31.7 Å². The number of carbonyl (C=O) groups is 2. The van der Waals surface area contributed by atoms with E-state index in [1.165, 1.54) is 0 Å². The molecule has 0 saturated carbocycles. The summed E-state index contributed by atoms with van der Waals surface area (Å²) in [5.74, 6) is -0.753. The van der Waals surface area contributed by atoms with E-state index in [2.05, 4.69) is 6.58 Å². The van der Waals surface area contributed by atoms with Gasteiger partial charge in [0.05, 0.1) is 18.6 Å². The number of carbonyl (C=O) groups excluding carboxylic acids is 2. The summed E-state index contributed by atoms with van der Waals surface area (Å²) in [5, 5.41) is 0.